The summed E-state index contributed by atoms with van der Waals surface area (Å²) < 4.78 is 39.0. The van der Waals surface area contributed by atoms with Gasteiger partial charge < -0.3 is 10.8 Å². The van der Waals surface area contributed by atoms with Crippen LogP contribution in [0.4, 0.5) is 13.2 Å². The zero-order chi connectivity index (χ0) is 14.3. The molecule has 1 aliphatic heterocycles. The van der Waals surface area contributed by atoms with Gasteiger partial charge in [-0.2, -0.15) is 13.2 Å². The first-order valence-corrected chi connectivity index (χ1v) is 5.86. The topological polar surface area (TPSA) is 61.5 Å². The van der Waals surface area contributed by atoms with E-state index in [2.05, 4.69) is 17.6 Å². The average Bonchev–Trinajstić information content (AvgIpc) is 2.69. The van der Waals surface area contributed by atoms with E-state index in [1.54, 1.807) is 30.3 Å². The van der Waals surface area contributed by atoms with E-state index in [-0.39, 0.29) is 0 Å². The number of benzene rings is 1. The van der Waals surface area contributed by atoms with Gasteiger partial charge in [0, 0.05) is 6.42 Å². The molecule has 0 spiro atoms. The minimum atomic E-state index is -4.87. The lowest BCUT2D eigenvalue weighted by Crippen LogP contribution is -2.61. The summed E-state index contributed by atoms with van der Waals surface area (Å²) in [4.78, 5) is 0. The maximum Gasteiger partial charge on any atom is 0.438 e. The molecule has 4 nitrogen and oxygen atoms in total. The van der Waals surface area contributed by atoms with Crippen molar-refractivity contribution in [2.75, 3.05) is 0 Å². The maximum atomic E-state index is 13.0. The third kappa shape index (κ3) is 2.38. The molecule has 8 heteroatoms. The molecule has 0 unspecified atom stereocenters. The number of alkyl halides is 3. The maximum absolute atomic E-state index is 13.0. The van der Waals surface area contributed by atoms with Gasteiger partial charge in [-0.05, 0) is 17.8 Å². The van der Waals surface area contributed by atoms with Crippen molar-refractivity contribution < 1.29 is 18.3 Å². The summed E-state index contributed by atoms with van der Waals surface area (Å²) in [6, 6.07) is 7.77. The first-order valence-electron chi connectivity index (χ1n) is 5.45. The molecule has 0 bridgehead atoms. The molecule has 19 heavy (non-hydrogen) atoms. The lowest BCUT2D eigenvalue weighted by molar-refractivity contribution is -0.296. The van der Waals surface area contributed by atoms with Crippen molar-refractivity contribution in [2.24, 2.45) is 5.73 Å². The summed E-state index contributed by atoms with van der Waals surface area (Å²) in [5, 5.41) is 9.71. The van der Waals surface area contributed by atoms with Crippen molar-refractivity contribution in [2.45, 2.75) is 24.4 Å². The van der Waals surface area contributed by atoms with Crippen LogP contribution in [0.25, 0.3) is 0 Å². The molecule has 1 aromatic rings. The van der Waals surface area contributed by atoms with Crippen molar-refractivity contribution in [3.63, 3.8) is 0 Å². The summed E-state index contributed by atoms with van der Waals surface area (Å²) in [5.41, 5.74) is 5.26. The Morgan fingerprint density at radius 2 is 2.00 bits per heavy atom. The number of nitrogens with two attached hydrogens (primary N) is 1. The molecule has 1 fully saturated rings. The number of hydrazine groups is 1. The fourth-order valence-corrected chi connectivity index (χ4v) is 2.25. The molecule has 0 radical (unpaired) electrons. The first kappa shape index (κ1) is 14.0. The molecule has 0 aromatic heterocycles. The second-order valence-electron chi connectivity index (χ2n) is 4.28. The molecule has 1 heterocycles. The van der Waals surface area contributed by atoms with Gasteiger partial charge in [0.1, 0.15) is 0 Å². The highest BCUT2D eigenvalue weighted by Gasteiger charge is 2.63. The minimum absolute atomic E-state index is 0.403. The number of halogens is 3. The summed E-state index contributed by atoms with van der Waals surface area (Å²) in [5.74, 6) is 0. The zero-order valence-electron chi connectivity index (χ0n) is 9.69. The Kier molecular flexibility index (Phi) is 3.41. The highest BCUT2D eigenvalue weighted by Crippen LogP contribution is 2.43. The van der Waals surface area contributed by atoms with Crippen LogP contribution in [0.2, 0.25) is 0 Å². The van der Waals surface area contributed by atoms with Crippen molar-refractivity contribution in [1.82, 2.24) is 10.4 Å². The van der Waals surface area contributed by atoms with E-state index in [4.69, 9.17) is 5.73 Å². The van der Waals surface area contributed by atoms with E-state index in [9.17, 15) is 18.3 Å². The number of nitrogens with zero attached hydrogens (tertiary/aromatic N) is 1. The third-order valence-electron chi connectivity index (χ3n) is 3.02. The molecular weight excluding hydrogens is 279 g/mol. The van der Waals surface area contributed by atoms with Crippen LogP contribution in [0, 0.1) is 0 Å². The van der Waals surface area contributed by atoms with Gasteiger partial charge in [-0.3, -0.25) is 0 Å². The van der Waals surface area contributed by atoms with Gasteiger partial charge in [-0.25, -0.2) is 10.4 Å². The smallest absolute Gasteiger partial charge is 0.375 e. The van der Waals surface area contributed by atoms with Crippen molar-refractivity contribution in [3.8, 4) is 0 Å². The third-order valence-corrected chi connectivity index (χ3v) is 3.20. The SMILES string of the molecule is NC(=S)N1N[C@@H](c2ccccc2)C[C@]1(O)C(F)(F)F. The minimum Gasteiger partial charge on any atom is -0.375 e. The number of rotatable bonds is 1. The monoisotopic (exact) mass is 291 g/mol. The molecule has 0 aliphatic carbocycles. The predicted octanol–water partition coefficient (Wildman–Crippen LogP) is 1.43. The fourth-order valence-electron chi connectivity index (χ4n) is 2.05. The second-order valence-corrected chi connectivity index (χ2v) is 4.70. The van der Waals surface area contributed by atoms with Crippen LogP contribution in [-0.2, 0) is 0 Å². The van der Waals surface area contributed by atoms with E-state index >= 15 is 0 Å². The van der Waals surface area contributed by atoms with Crippen LogP contribution in [0.3, 0.4) is 0 Å². The first-order chi connectivity index (χ1) is 8.75. The molecule has 0 saturated carbocycles. The van der Waals surface area contributed by atoms with Gasteiger partial charge in [0.2, 0.25) is 0 Å². The number of nitrogens with one attached hydrogen (secondary N) is 1. The highest BCUT2D eigenvalue weighted by atomic mass is 32.1. The van der Waals surface area contributed by atoms with E-state index in [1.807, 2.05) is 0 Å². The zero-order valence-corrected chi connectivity index (χ0v) is 10.5. The molecule has 2 atom stereocenters. The lowest BCUT2D eigenvalue weighted by atomic mass is 9.99. The largest absolute Gasteiger partial charge is 0.438 e. The standard InChI is InChI=1S/C11H12F3N3OS/c12-11(13,14)10(18)6-8(16-17(10)9(15)19)7-4-2-1-3-5-7/h1-5,8,16,18H,6H2,(H2,15,19)/t8-,10+/m1/s1. The number of hydrogen-bond donors (Lipinski definition) is 3. The summed E-state index contributed by atoms with van der Waals surface area (Å²) in [7, 11) is 0. The molecule has 4 N–H and O–H groups in total. The summed E-state index contributed by atoms with van der Waals surface area (Å²) in [6.07, 6.45) is -5.45. The molecule has 1 saturated heterocycles. The molecule has 104 valence electrons. The van der Waals surface area contributed by atoms with Gasteiger partial charge in [0.05, 0.1) is 6.04 Å². The van der Waals surface area contributed by atoms with Crippen molar-refractivity contribution in [3.05, 3.63) is 35.9 Å². The van der Waals surface area contributed by atoms with E-state index in [0.717, 1.165) is 0 Å². The van der Waals surface area contributed by atoms with Gasteiger partial charge in [-0.15, -0.1) is 0 Å². The molecule has 0 amide bonds. The molecular formula is C11H12F3N3OS. The Bertz CT molecular complexity index is 482. The van der Waals surface area contributed by atoms with Crippen LogP contribution in [-0.4, -0.2) is 27.1 Å². The Labute approximate surface area is 113 Å². The van der Waals surface area contributed by atoms with Crippen LogP contribution in [0.15, 0.2) is 30.3 Å². The quantitative estimate of drug-likeness (QED) is 0.683. The van der Waals surface area contributed by atoms with E-state index < -0.39 is 29.5 Å². The van der Waals surface area contributed by atoms with Crippen LogP contribution in [0.5, 0.6) is 0 Å². The predicted molar refractivity (Wildman–Crippen MR) is 66.6 cm³/mol. The van der Waals surface area contributed by atoms with E-state index in [0.29, 0.717) is 10.6 Å². The van der Waals surface area contributed by atoms with Crippen LogP contribution < -0.4 is 11.2 Å². The molecule has 2 rings (SSSR count). The summed E-state index contributed by atoms with van der Waals surface area (Å²) >= 11 is 4.56. The second kappa shape index (κ2) is 4.62. The van der Waals surface area contributed by atoms with E-state index in [1.165, 1.54) is 0 Å². The normalized spacial score (nSPS) is 27.6. The van der Waals surface area contributed by atoms with Gasteiger partial charge >= 0.3 is 6.18 Å². The summed E-state index contributed by atoms with van der Waals surface area (Å²) in [6.45, 7) is 0. The van der Waals surface area contributed by atoms with Crippen LogP contribution >= 0.6 is 12.2 Å². The van der Waals surface area contributed by atoms with Gasteiger partial charge in [-0.1, -0.05) is 30.3 Å². The highest BCUT2D eigenvalue weighted by molar-refractivity contribution is 7.80. The van der Waals surface area contributed by atoms with Crippen molar-refractivity contribution >= 4 is 17.3 Å². The Morgan fingerprint density at radius 3 is 2.42 bits per heavy atom. The Morgan fingerprint density at radius 1 is 1.42 bits per heavy atom. The van der Waals surface area contributed by atoms with Crippen LogP contribution in [0.1, 0.15) is 18.0 Å². The van der Waals surface area contributed by atoms with Gasteiger partial charge in [0.25, 0.3) is 5.72 Å². The number of hydrogen-bond acceptors (Lipinski definition) is 3. The van der Waals surface area contributed by atoms with Crippen molar-refractivity contribution in [1.29, 1.82) is 0 Å². The number of aliphatic hydroxyl groups is 1. The molecule has 1 aromatic carbocycles. The van der Waals surface area contributed by atoms with Gasteiger partial charge in [0.15, 0.2) is 5.11 Å². The fraction of sp³-hybridized carbons (Fsp3) is 0.364. The Balaban J connectivity index is 2.34. The average molecular weight is 291 g/mol. The molecule has 1 aliphatic rings. The lowest BCUT2D eigenvalue weighted by Gasteiger charge is -2.34. The Hall–Kier alpha value is -1.38. The number of thiocarbonyl (C=S) groups is 1.